The van der Waals surface area contributed by atoms with E-state index in [9.17, 15) is 4.79 Å². The quantitative estimate of drug-likeness (QED) is 0.705. The van der Waals surface area contributed by atoms with Crippen LogP contribution in [0.3, 0.4) is 0 Å². The average molecular weight is 327 g/mol. The normalized spacial score (nSPS) is 10.8. The number of hydrogen-bond acceptors (Lipinski definition) is 5. The smallest absolute Gasteiger partial charge is 0.253 e. The number of nitrogens with one attached hydrogen (secondary N) is 1. The summed E-state index contributed by atoms with van der Waals surface area (Å²) < 4.78 is 1.59. The Kier molecular flexibility index (Phi) is 4.87. The Bertz CT molecular complexity index is 767. The minimum absolute atomic E-state index is 0.0787. The molecular weight excluding hydrogens is 310 g/mol. The first-order valence-electron chi connectivity index (χ1n) is 7.43. The molecule has 6 nitrogen and oxygen atoms in total. The van der Waals surface area contributed by atoms with E-state index in [4.69, 9.17) is 0 Å². The zero-order valence-corrected chi connectivity index (χ0v) is 13.6. The van der Waals surface area contributed by atoms with Gasteiger partial charge in [0.05, 0.1) is 5.75 Å². The van der Waals surface area contributed by atoms with Gasteiger partial charge in [-0.2, -0.15) is 4.98 Å². The van der Waals surface area contributed by atoms with Gasteiger partial charge in [-0.05, 0) is 30.2 Å². The molecule has 1 aromatic carbocycles. The molecule has 0 fully saturated rings. The largest absolute Gasteiger partial charge is 0.325 e. The first-order chi connectivity index (χ1) is 11.2. The minimum atomic E-state index is -0.0787. The van der Waals surface area contributed by atoms with Crippen LogP contribution in [0.5, 0.6) is 0 Å². The third-order valence-electron chi connectivity index (χ3n) is 3.21. The fourth-order valence-corrected chi connectivity index (χ4v) is 2.77. The van der Waals surface area contributed by atoms with Crippen LogP contribution in [-0.4, -0.2) is 31.2 Å². The highest BCUT2D eigenvalue weighted by molar-refractivity contribution is 7.99. The molecule has 2 aromatic heterocycles. The van der Waals surface area contributed by atoms with Crippen LogP contribution in [0.4, 0.5) is 5.69 Å². The van der Waals surface area contributed by atoms with Gasteiger partial charge in [0.15, 0.2) is 0 Å². The monoisotopic (exact) mass is 327 g/mol. The lowest BCUT2D eigenvalue weighted by Gasteiger charge is -2.05. The summed E-state index contributed by atoms with van der Waals surface area (Å²) in [6.07, 6.45) is 5.60. The predicted molar refractivity (Wildman–Crippen MR) is 90.6 cm³/mol. The zero-order valence-electron chi connectivity index (χ0n) is 12.8. The second kappa shape index (κ2) is 7.23. The van der Waals surface area contributed by atoms with Gasteiger partial charge in [-0.25, -0.2) is 9.50 Å². The molecule has 0 atom stereocenters. The van der Waals surface area contributed by atoms with Gasteiger partial charge in [0.25, 0.3) is 5.78 Å². The van der Waals surface area contributed by atoms with Crippen molar-refractivity contribution in [2.75, 3.05) is 11.1 Å². The van der Waals surface area contributed by atoms with Crippen molar-refractivity contribution in [1.82, 2.24) is 19.6 Å². The average Bonchev–Trinajstić information content (AvgIpc) is 2.98. The molecule has 3 rings (SSSR count). The lowest BCUT2D eigenvalue weighted by Crippen LogP contribution is -2.14. The summed E-state index contributed by atoms with van der Waals surface area (Å²) >= 11 is 1.29. The second-order valence-electron chi connectivity index (χ2n) is 5.04. The molecule has 0 saturated carbocycles. The maximum Gasteiger partial charge on any atom is 0.253 e. The van der Waals surface area contributed by atoms with Crippen molar-refractivity contribution in [1.29, 1.82) is 0 Å². The molecule has 0 spiro atoms. The molecular formula is C16H17N5OS. The van der Waals surface area contributed by atoms with Crippen molar-refractivity contribution in [2.24, 2.45) is 0 Å². The van der Waals surface area contributed by atoms with Gasteiger partial charge < -0.3 is 5.32 Å². The number of aryl methyl sites for hydroxylation is 1. The topological polar surface area (TPSA) is 72.2 Å². The van der Waals surface area contributed by atoms with E-state index in [2.05, 4.69) is 27.3 Å². The Morgan fingerprint density at radius 2 is 2.13 bits per heavy atom. The van der Waals surface area contributed by atoms with Gasteiger partial charge in [0.2, 0.25) is 11.1 Å². The fourth-order valence-electron chi connectivity index (χ4n) is 2.15. The summed E-state index contributed by atoms with van der Waals surface area (Å²) in [6, 6.07) is 9.73. The Balaban J connectivity index is 1.54. The number of rotatable bonds is 6. The van der Waals surface area contributed by atoms with E-state index in [0.717, 1.165) is 18.5 Å². The summed E-state index contributed by atoms with van der Waals surface area (Å²) in [4.78, 5) is 20.3. The molecule has 7 heteroatoms. The minimum Gasteiger partial charge on any atom is -0.325 e. The number of thioether (sulfide) groups is 1. The molecule has 1 N–H and O–H groups in total. The number of aromatic nitrogens is 4. The molecule has 0 radical (unpaired) electrons. The number of hydrogen-bond donors (Lipinski definition) is 1. The van der Waals surface area contributed by atoms with Crippen LogP contribution in [0, 0.1) is 0 Å². The molecule has 1 amide bonds. The number of carbonyl (C=O) groups excluding carboxylic acids is 1. The highest BCUT2D eigenvalue weighted by Crippen LogP contribution is 2.15. The van der Waals surface area contributed by atoms with Crippen LogP contribution in [0.1, 0.15) is 18.9 Å². The summed E-state index contributed by atoms with van der Waals surface area (Å²) in [5, 5.41) is 7.67. The lowest BCUT2D eigenvalue weighted by atomic mass is 10.1. The highest BCUT2D eigenvalue weighted by Gasteiger charge is 2.08. The van der Waals surface area contributed by atoms with Crippen molar-refractivity contribution in [3.63, 3.8) is 0 Å². The van der Waals surface area contributed by atoms with E-state index in [1.54, 1.807) is 23.0 Å². The predicted octanol–water partition coefficient (Wildman–Crippen LogP) is 2.81. The van der Waals surface area contributed by atoms with Crippen LogP contribution in [0.25, 0.3) is 5.78 Å². The van der Waals surface area contributed by atoms with Gasteiger partial charge in [-0.1, -0.05) is 37.2 Å². The van der Waals surface area contributed by atoms with Crippen LogP contribution >= 0.6 is 11.8 Å². The Morgan fingerprint density at radius 3 is 2.87 bits per heavy atom. The number of fused-ring (bicyclic) bond motifs is 1. The number of amides is 1. The third-order valence-corrected chi connectivity index (χ3v) is 4.04. The van der Waals surface area contributed by atoms with Crippen molar-refractivity contribution >= 4 is 29.1 Å². The van der Waals surface area contributed by atoms with Crippen LogP contribution in [0.15, 0.2) is 47.9 Å². The van der Waals surface area contributed by atoms with E-state index in [0.29, 0.717) is 10.9 Å². The van der Waals surface area contributed by atoms with Crippen LogP contribution in [0.2, 0.25) is 0 Å². The van der Waals surface area contributed by atoms with Gasteiger partial charge in [0, 0.05) is 18.1 Å². The molecule has 23 heavy (non-hydrogen) atoms. The van der Waals surface area contributed by atoms with Gasteiger partial charge in [-0.3, -0.25) is 4.79 Å². The summed E-state index contributed by atoms with van der Waals surface area (Å²) in [5.41, 5.74) is 2.08. The van der Waals surface area contributed by atoms with Crippen LogP contribution < -0.4 is 5.32 Å². The van der Waals surface area contributed by atoms with E-state index in [1.165, 1.54) is 17.3 Å². The second-order valence-corrected chi connectivity index (χ2v) is 5.98. The Morgan fingerprint density at radius 1 is 1.30 bits per heavy atom. The molecule has 0 unspecified atom stereocenters. The van der Waals surface area contributed by atoms with Crippen molar-refractivity contribution < 1.29 is 4.79 Å². The molecule has 0 aliphatic rings. The van der Waals surface area contributed by atoms with Crippen LogP contribution in [-0.2, 0) is 11.2 Å². The lowest BCUT2D eigenvalue weighted by molar-refractivity contribution is -0.113. The van der Waals surface area contributed by atoms with Crippen molar-refractivity contribution in [3.8, 4) is 0 Å². The molecule has 0 bridgehead atoms. The molecule has 118 valence electrons. The van der Waals surface area contributed by atoms with E-state index < -0.39 is 0 Å². The maximum absolute atomic E-state index is 12.0. The number of anilines is 1. The maximum atomic E-state index is 12.0. The first kappa shape index (κ1) is 15.5. The fraction of sp³-hybridized carbons (Fsp3) is 0.250. The zero-order chi connectivity index (χ0) is 16.1. The number of benzene rings is 1. The van der Waals surface area contributed by atoms with Gasteiger partial charge >= 0.3 is 0 Å². The van der Waals surface area contributed by atoms with E-state index >= 15 is 0 Å². The molecule has 0 aliphatic carbocycles. The molecule has 3 aromatic rings. The number of carbonyl (C=O) groups is 1. The third kappa shape index (κ3) is 4.07. The summed E-state index contributed by atoms with van der Waals surface area (Å²) in [7, 11) is 0. The Hall–Kier alpha value is -2.41. The number of nitrogens with zero attached hydrogens (tertiary/aromatic N) is 4. The summed E-state index contributed by atoms with van der Waals surface area (Å²) in [6.45, 7) is 2.15. The van der Waals surface area contributed by atoms with Crippen molar-refractivity contribution in [2.45, 2.75) is 24.9 Å². The van der Waals surface area contributed by atoms with E-state index in [1.807, 2.05) is 24.3 Å². The van der Waals surface area contributed by atoms with Crippen molar-refractivity contribution in [3.05, 3.63) is 48.3 Å². The van der Waals surface area contributed by atoms with Gasteiger partial charge in [0.1, 0.15) is 0 Å². The molecule has 2 heterocycles. The first-order valence-corrected chi connectivity index (χ1v) is 8.42. The highest BCUT2D eigenvalue weighted by atomic mass is 32.2. The Labute approximate surface area is 138 Å². The summed E-state index contributed by atoms with van der Waals surface area (Å²) in [5.74, 6) is 0.708. The van der Waals surface area contributed by atoms with E-state index in [-0.39, 0.29) is 11.7 Å². The standard InChI is InChI=1S/C16H17N5OS/c1-2-4-12-5-7-13(8-6-12)18-14(22)11-23-16-19-15-17-9-3-10-21(15)20-16/h3,5-10H,2,4,11H2,1H3,(H,18,22). The SMILES string of the molecule is CCCc1ccc(NC(=O)CSc2nc3ncccn3n2)cc1. The molecule has 0 saturated heterocycles. The van der Waals surface area contributed by atoms with Gasteiger partial charge in [-0.15, -0.1) is 5.10 Å². The molecule has 0 aliphatic heterocycles.